The quantitative estimate of drug-likeness (QED) is 0.831. The summed E-state index contributed by atoms with van der Waals surface area (Å²) < 4.78 is 4.05. The molecule has 0 amide bonds. The molecule has 0 saturated heterocycles. The minimum atomic E-state index is 0.642. The molecule has 1 aliphatic heterocycles. The summed E-state index contributed by atoms with van der Waals surface area (Å²) in [6.45, 7) is 5.32. The van der Waals surface area contributed by atoms with E-state index in [4.69, 9.17) is 5.73 Å². The molecule has 0 aromatic carbocycles. The molecule has 0 radical (unpaired) electrons. The zero-order valence-electron chi connectivity index (χ0n) is 11.4. The highest BCUT2D eigenvalue weighted by Crippen LogP contribution is 2.26. The third-order valence-electron chi connectivity index (χ3n) is 3.65. The first-order chi connectivity index (χ1) is 9.20. The molecule has 7 heteroatoms. The van der Waals surface area contributed by atoms with Gasteiger partial charge in [-0.3, -0.25) is 4.68 Å². The molecular formula is C12H19N7. The van der Waals surface area contributed by atoms with Gasteiger partial charge in [0.1, 0.15) is 12.1 Å². The van der Waals surface area contributed by atoms with Gasteiger partial charge in [-0.25, -0.2) is 0 Å². The number of anilines is 1. The lowest BCUT2D eigenvalue weighted by Crippen LogP contribution is -2.35. The minimum absolute atomic E-state index is 0.642. The molecule has 2 aromatic heterocycles. The van der Waals surface area contributed by atoms with Gasteiger partial charge < -0.3 is 15.2 Å². The third-order valence-corrected chi connectivity index (χ3v) is 3.65. The lowest BCUT2D eigenvalue weighted by atomic mass is 10.1. The summed E-state index contributed by atoms with van der Waals surface area (Å²) >= 11 is 0. The van der Waals surface area contributed by atoms with Crippen LogP contribution in [0.15, 0.2) is 6.33 Å². The van der Waals surface area contributed by atoms with Crippen LogP contribution in [0.1, 0.15) is 17.1 Å². The number of fused-ring (bicyclic) bond motifs is 1. The number of rotatable bonds is 3. The predicted molar refractivity (Wildman–Crippen MR) is 71.8 cm³/mol. The fourth-order valence-electron chi connectivity index (χ4n) is 2.77. The van der Waals surface area contributed by atoms with Crippen LogP contribution in [-0.4, -0.2) is 37.6 Å². The van der Waals surface area contributed by atoms with E-state index in [0.717, 1.165) is 43.4 Å². The van der Waals surface area contributed by atoms with Crippen molar-refractivity contribution in [3.63, 3.8) is 0 Å². The van der Waals surface area contributed by atoms with Gasteiger partial charge in [0.05, 0.1) is 12.2 Å². The molecule has 2 aromatic rings. The van der Waals surface area contributed by atoms with Crippen LogP contribution in [0.25, 0.3) is 0 Å². The maximum Gasteiger partial charge on any atom is 0.152 e. The Morgan fingerprint density at radius 1 is 1.37 bits per heavy atom. The van der Waals surface area contributed by atoms with Crippen LogP contribution >= 0.6 is 0 Å². The molecule has 1 aliphatic rings. The van der Waals surface area contributed by atoms with Crippen molar-refractivity contribution >= 4 is 5.82 Å². The second-order valence-electron chi connectivity index (χ2n) is 4.91. The highest BCUT2D eigenvalue weighted by atomic mass is 15.4. The number of nitrogens with zero attached hydrogens (tertiary/aromatic N) is 6. The number of hydrogen-bond acceptors (Lipinski definition) is 5. The zero-order valence-corrected chi connectivity index (χ0v) is 11.4. The van der Waals surface area contributed by atoms with Crippen molar-refractivity contribution in [1.82, 2.24) is 24.5 Å². The van der Waals surface area contributed by atoms with Gasteiger partial charge in [-0.15, -0.1) is 10.2 Å². The summed E-state index contributed by atoms with van der Waals surface area (Å²) in [6, 6.07) is 0. The van der Waals surface area contributed by atoms with Crippen LogP contribution in [-0.2, 0) is 26.6 Å². The Balaban J connectivity index is 1.95. The van der Waals surface area contributed by atoms with Gasteiger partial charge in [-0.05, 0) is 19.9 Å². The van der Waals surface area contributed by atoms with Crippen molar-refractivity contribution < 1.29 is 0 Å². The normalized spacial score (nSPS) is 14.8. The molecule has 0 unspecified atom stereocenters. The van der Waals surface area contributed by atoms with Gasteiger partial charge in [-0.1, -0.05) is 0 Å². The number of aromatic nitrogens is 5. The highest BCUT2D eigenvalue weighted by Gasteiger charge is 2.23. The van der Waals surface area contributed by atoms with E-state index < -0.39 is 0 Å². The maximum absolute atomic E-state index is 5.72. The zero-order chi connectivity index (χ0) is 13.4. The van der Waals surface area contributed by atoms with E-state index >= 15 is 0 Å². The van der Waals surface area contributed by atoms with Crippen molar-refractivity contribution in [2.45, 2.75) is 26.4 Å². The standard InChI is InChI=1S/C12H19N7/c1-9-10(3-4-13)12(17(2)16-9)18-5-6-19-8-14-15-11(19)7-18/h8H,3-7,13H2,1-2H3. The molecule has 2 N–H and O–H groups in total. The Morgan fingerprint density at radius 3 is 3.00 bits per heavy atom. The Kier molecular flexibility index (Phi) is 2.98. The predicted octanol–water partition coefficient (Wildman–Crippen LogP) is -0.159. The fourth-order valence-corrected chi connectivity index (χ4v) is 2.77. The second-order valence-corrected chi connectivity index (χ2v) is 4.91. The molecule has 0 saturated carbocycles. The van der Waals surface area contributed by atoms with E-state index in [1.807, 2.05) is 18.7 Å². The monoisotopic (exact) mass is 261 g/mol. The van der Waals surface area contributed by atoms with Gasteiger partial charge in [-0.2, -0.15) is 5.10 Å². The smallest absolute Gasteiger partial charge is 0.152 e. The second kappa shape index (κ2) is 4.65. The largest absolute Gasteiger partial charge is 0.347 e. The summed E-state index contributed by atoms with van der Waals surface area (Å²) in [7, 11) is 1.99. The average Bonchev–Trinajstić information content (AvgIpc) is 2.94. The Morgan fingerprint density at radius 2 is 2.21 bits per heavy atom. The van der Waals surface area contributed by atoms with Gasteiger partial charge in [0.25, 0.3) is 0 Å². The molecule has 3 rings (SSSR count). The summed E-state index contributed by atoms with van der Waals surface area (Å²) in [5.74, 6) is 2.17. The van der Waals surface area contributed by atoms with Crippen molar-refractivity contribution in [3.8, 4) is 0 Å². The molecule has 102 valence electrons. The van der Waals surface area contributed by atoms with Crippen molar-refractivity contribution in [2.24, 2.45) is 12.8 Å². The van der Waals surface area contributed by atoms with Gasteiger partial charge in [0.2, 0.25) is 0 Å². The van der Waals surface area contributed by atoms with E-state index in [0.29, 0.717) is 6.54 Å². The van der Waals surface area contributed by atoms with Crippen molar-refractivity contribution in [3.05, 3.63) is 23.4 Å². The van der Waals surface area contributed by atoms with Gasteiger partial charge in [0, 0.05) is 25.7 Å². The number of nitrogens with two attached hydrogens (primary N) is 1. The molecule has 0 atom stereocenters. The van der Waals surface area contributed by atoms with Gasteiger partial charge >= 0.3 is 0 Å². The Bertz CT molecular complexity index is 583. The van der Waals surface area contributed by atoms with Crippen LogP contribution in [0.2, 0.25) is 0 Å². The third kappa shape index (κ3) is 1.99. The maximum atomic E-state index is 5.72. The van der Waals surface area contributed by atoms with Crippen molar-refractivity contribution in [2.75, 3.05) is 18.0 Å². The van der Waals surface area contributed by atoms with Gasteiger partial charge in [0.15, 0.2) is 5.82 Å². The average molecular weight is 261 g/mol. The summed E-state index contributed by atoms with van der Waals surface area (Å²) in [6.07, 6.45) is 2.65. The van der Waals surface area contributed by atoms with E-state index in [-0.39, 0.29) is 0 Å². The number of hydrogen-bond donors (Lipinski definition) is 1. The molecule has 0 aliphatic carbocycles. The SMILES string of the molecule is Cc1nn(C)c(N2CCn3cnnc3C2)c1CCN. The van der Waals surface area contributed by atoms with E-state index in [9.17, 15) is 0 Å². The van der Waals surface area contributed by atoms with Crippen LogP contribution in [0.4, 0.5) is 5.82 Å². The van der Waals surface area contributed by atoms with Crippen LogP contribution in [0.5, 0.6) is 0 Å². The fraction of sp³-hybridized carbons (Fsp3) is 0.583. The molecule has 19 heavy (non-hydrogen) atoms. The Labute approximate surface area is 112 Å². The van der Waals surface area contributed by atoms with E-state index in [1.165, 1.54) is 5.56 Å². The topological polar surface area (TPSA) is 77.8 Å². The molecule has 0 bridgehead atoms. The molecule has 7 nitrogen and oxygen atoms in total. The summed E-state index contributed by atoms with van der Waals surface area (Å²) in [5, 5.41) is 12.6. The van der Waals surface area contributed by atoms with Crippen LogP contribution in [0, 0.1) is 6.92 Å². The first-order valence-corrected chi connectivity index (χ1v) is 6.55. The molecular weight excluding hydrogens is 242 g/mol. The Hall–Kier alpha value is -1.89. The summed E-state index contributed by atoms with van der Waals surface area (Å²) in [4.78, 5) is 2.31. The van der Waals surface area contributed by atoms with E-state index in [2.05, 4.69) is 24.8 Å². The van der Waals surface area contributed by atoms with Crippen molar-refractivity contribution in [1.29, 1.82) is 0 Å². The first-order valence-electron chi connectivity index (χ1n) is 6.55. The lowest BCUT2D eigenvalue weighted by Gasteiger charge is -2.29. The van der Waals surface area contributed by atoms with E-state index in [1.54, 1.807) is 6.33 Å². The molecule has 0 spiro atoms. The first kappa shape index (κ1) is 12.2. The molecule has 3 heterocycles. The number of aryl methyl sites for hydroxylation is 2. The van der Waals surface area contributed by atoms with Crippen LogP contribution < -0.4 is 10.6 Å². The summed E-state index contributed by atoms with van der Waals surface area (Å²) in [5.41, 5.74) is 8.03. The lowest BCUT2D eigenvalue weighted by molar-refractivity contribution is 0.544. The van der Waals surface area contributed by atoms with Crippen LogP contribution in [0.3, 0.4) is 0 Å². The minimum Gasteiger partial charge on any atom is -0.347 e. The molecule has 0 fully saturated rings. The highest BCUT2D eigenvalue weighted by molar-refractivity contribution is 5.50.